The third-order valence-electron chi connectivity index (χ3n) is 4.47. The van der Waals surface area contributed by atoms with Gasteiger partial charge >= 0.3 is 0 Å². The minimum atomic E-state index is -0.251. The van der Waals surface area contributed by atoms with Crippen molar-refractivity contribution in [3.8, 4) is 0 Å². The van der Waals surface area contributed by atoms with E-state index in [0.29, 0.717) is 6.61 Å². The van der Waals surface area contributed by atoms with E-state index in [1.165, 1.54) is 0 Å². The first-order chi connectivity index (χ1) is 10.1. The molecule has 0 bridgehead atoms. The molecule has 1 aromatic rings. The van der Waals surface area contributed by atoms with E-state index in [9.17, 15) is 4.39 Å². The Hall–Kier alpha value is -0.930. The van der Waals surface area contributed by atoms with E-state index in [1.54, 1.807) is 6.07 Å². The molecule has 1 aromatic carbocycles. The Morgan fingerprint density at radius 3 is 2.62 bits per heavy atom. The molecule has 1 saturated carbocycles. The van der Waals surface area contributed by atoms with Crippen LogP contribution in [0.3, 0.4) is 0 Å². The lowest BCUT2D eigenvalue weighted by Gasteiger charge is -2.38. The van der Waals surface area contributed by atoms with Gasteiger partial charge in [0.25, 0.3) is 0 Å². The number of halogens is 1. The number of hydrogen-bond donors (Lipinski definition) is 1. The van der Waals surface area contributed by atoms with Gasteiger partial charge in [0, 0.05) is 12.2 Å². The quantitative estimate of drug-likeness (QED) is 0.798. The third kappa shape index (κ3) is 3.64. The van der Waals surface area contributed by atoms with Crippen molar-refractivity contribution in [2.75, 3.05) is 13.2 Å². The molecule has 1 aliphatic carbocycles. The summed E-state index contributed by atoms with van der Waals surface area (Å²) in [5.41, 5.74) is 1.61. The molecule has 3 heteroatoms. The Morgan fingerprint density at radius 2 is 2.00 bits per heavy atom. The molecule has 0 saturated heterocycles. The van der Waals surface area contributed by atoms with Gasteiger partial charge in [-0.25, -0.2) is 4.39 Å². The zero-order chi connectivity index (χ0) is 15.3. The van der Waals surface area contributed by atoms with Crippen LogP contribution in [0.4, 0.5) is 4.39 Å². The molecular formula is C18H28FNO. The average molecular weight is 293 g/mol. The fraction of sp³-hybridized carbons (Fsp3) is 0.667. The van der Waals surface area contributed by atoms with E-state index in [1.807, 2.05) is 26.0 Å². The van der Waals surface area contributed by atoms with Crippen molar-refractivity contribution in [2.45, 2.75) is 64.5 Å². The summed E-state index contributed by atoms with van der Waals surface area (Å²) < 4.78 is 20.6. The normalized spacial score (nSPS) is 18.9. The maximum Gasteiger partial charge on any atom is 0.128 e. The number of rotatable bonds is 7. The molecule has 21 heavy (non-hydrogen) atoms. The largest absolute Gasteiger partial charge is 0.373 e. The highest BCUT2D eigenvalue weighted by molar-refractivity contribution is 5.29. The van der Waals surface area contributed by atoms with Crippen LogP contribution >= 0.6 is 0 Å². The van der Waals surface area contributed by atoms with E-state index in [4.69, 9.17) is 4.74 Å². The highest BCUT2D eigenvalue weighted by Crippen LogP contribution is 2.43. The first-order valence-corrected chi connectivity index (χ1v) is 8.26. The Kier molecular flexibility index (Phi) is 5.77. The number of ether oxygens (including phenoxy) is 1. The van der Waals surface area contributed by atoms with Gasteiger partial charge in [0.1, 0.15) is 5.82 Å². The summed E-state index contributed by atoms with van der Waals surface area (Å²) in [6, 6.07) is 5.33. The van der Waals surface area contributed by atoms with Gasteiger partial charge in [-0.2, -0.15) is 0 Å². The second-order valence-electron chi connectivity index (χ2n) is 6.12. The Bertz CT molecular complexity index is 455. The average Bonchev–Trinajstić information content (AvgIpc) is 2.93. The van der Waals surface area contributed by atoms with Crippen LogP contribution < -0.4 is 5.32 Å². The van der Waals surface area contributed by atoms with Gasteiger partial charge in [0.05, 0.1) is 11.6 Å². The molecule has 0 radical (unpaired) electrons. The van der Waals surface area contributed by atoms with E-state index in [0.717, 1.165) is 49.8 Å². The van der Waals surface area contributed by atoms with Crippen molar-refractivity contribution in [2.24, 2.45) is 0 Å². The zero-order valence-electron chi connectivity index (χ0n) is 13.5. The summed E-state index contributed by atoms with van der Waals surface area (Å²) in [5, 5.41) is 3.56. The van der Waals surface area contributed by atoms with Gasteiger partial charge in [-0.1, -0.05) is 37.5 Å². The minimum absolute atomic E-state index is 0.0557. The highest BCUT2D eigenvalue weighted by Gasteiger charge is 2.43. The summed E-state index contributed by atoms with van der Waals surface area (Å²) in [6.45, 7) is 7.74. The molecule has 1 aliphatic rings. The first kappa shape index (κ1) is 16.4. The van der Waals surface area contributed by atoms with Crippen molar-refractivity contribution in [1.82, 2.24) is 5.32 Å². The zero-order valence-corrected chi connectivity index (χ0v) is 13.5. The third-order valence-corrected chi connectivity index (χ3v) is 4.47. The summed E-state index contributed by atoms with van der Waals surface area (Å²) in [5.74, 6) is -0.125. The number of nitrogens with one attached hydrogen (secondary N) is 1. The molecule has 1 atom stereocenters. The van der Waals surface area contributed by atoms with Crippen LogP contribution in [-0.2, 0) is 4.74 Å². The van der Waals surface area contributed by atoms with Crippen LogP contribution in [0.25, 0.3) is 0 Å². The minimum Gasteiger partial charge on any atom is -0.373 e. The molecule has 2 rings (SSSR count). The Morgan fingerprint density at radius 1 is 1.29 bits per heavy atom. The Labute approximate surface area is 128 Å². The van der Waals surface area contributed by atoms with E-state index in [2.05, 4.69) is 12.2 Å². The maximum absolute atomic E-state index is 14.4. The first-order valence-electron chi connectivity index (χ1n) is 8.26. The van der Waals surface area contributed by atoms with E-state index >= 15 is 0 Å². The Balaban J connectivity index is 2.38. The SMILES string of the molecule is CCCNC(c1cc(C)ccc1F)C1(OCC)CCCC1. The number of hydrogen-bond acceptors (Lipinski definition) is 2. The predicted molar refractivity (Wildman–Crippen MR) is 85.0 cm³/mol. The summed E-state index contributed by atoms with van der Waals surface area (Å²) in [4.78, 5) is 0. The van der Waals surface area contributed by atoms with Gasteiger partial charge in [0.15, 0.2) is 0 Å². The van der Waals surface area contributed by atoms with Crippen molar-refractivity contribution in [3.05, 3.63) is 35.1 Å². The summed E-state index contributed by atoms with van der Waals surface area (Å²) in [6.07, 6.45) is 5.38. The van der Waals surface area contributed by atoms with Gasteiger partial charge in [-0.15, -0.1) is 0 Å². The lowest BCUT2D eigenvalue weighted by Crippen LogP contribution is -2.45. The maximum atomic E-state index is 14.4. The lowest BCUT2D eigenvalue weighted by molar-refractivity contribution is -0.0633. The fourth-order valence-electron chi connectivity index (χ4n) is 3.53. The number of benzene rings is 1. The molecular weight excluding hydrogens is 265 g/mol. The van der Waals surface area contributed by atoms with Crippen molar-refractivity contribution < 1.29 is 9.13 Å². The predicted octanol–water partition coefficient (Wildman–Crippen LogP) is 4.52. The van der Waals surface area contributed by atoms with Gasteiger partial charge in [0.2, 0.25) is 0 Å². The van der Waals surface area contributed by atoms with Crippen LogP contribution in [0.15, 0.2) is 18.2 Å². The van der Waals surface area contributed by atoms with Crippen molar-refractivity contribution in [1.29, 1.82) is 0 Å². The molecule has 1 unspecified atom stereocenters. The highest BCUT2D eigenvalue weighted by atomic mass is 19.1. The molecule has 1 N–H and O–H groups in total. The molecule has 0 amide bonds. The second kappa shape index (κ2) is 7.37. The fourth-order valence-corrected chi connectivity index (χ4v) is 3.53. The van der Waals surface area contributed by atoms with Gasteiger partial charge in [-0.3, -0.25) is 0 Å². The topological polar surface area (TPSA) is 21.3 Å². The van der Waals surface area contributed by atoms with Gasteiger partial charge < -0.3 is 10.1 Å². The molecule has 2 nitrogen and oxygen atoms in total. The lowest BCUT2D eigenvalue weighted by atomic mass is 9.85. The molecule has 0 heterocycles. The summed E-state index contributed by atoms with van der Waals surface area (Å²) in [7, 11) is 0. The van der Waals surface area contributed by atoms with Crippen LogP contribution in [0, 0.1) is 12.7 Å². The van der Waals surface area contributed by atoms with E-state index in [-0.39, 0.29) is 17.5 Å². The molecule has 118 valence electrons. The standard InChI is InChI=1S/C18H28FNO/c1-4-12-20-17(15-13-14(3)8-9-16(15)19)18(21-5-2)10-6-7-11-18/h8-9,13,17,20H,4-7,10-12H2,1-3H3. The smallest absolute Gasteiger partial charge is 0.128 e. The molecule has 1 fully saturated rings. The molecule has 0 spiro atoms. The molecule has 0 aliphatic heterocycles. The van der Waals surface area contributed by atoms with Crippen molar-refractivity contribution in [3.63, 3.8) is 0 Å². The second-order valence-corrected chi connectivity index (χ2v) is 6.12. The monoisotopic (exact) mass is 293 g/mol. The van der Waals surface area contributed by atoms with E-state index < -0.39 is 0 Å². The van der Waals surface area contributed by atoms with Crippen LogP contribution in [-0.4, -0.2) is 18.8 Å². The van der Waals surface area contributed by atoms with Crippen LogP contribution in [0.2, 0.25) is 0 Å². The number of aryl methyl sites for hydroxylation is 1. The van der Waals surface area contributed by atoms with Crippen LogP contribution in [0.1, 0.15) is 63.1 Å². The molecule has 0 aromatic heterocycles. The van der Waals surface area contributed by atoms with Crippen molar-refractivity contribution >= 4 is 0 Å². The van der Waals surface area contributed by atoms with Gasteiger partial charge in [-0.05, 0) is 45.7 Å². The summed E-state index contributed by atoms with van der Waals surface area (Å²) >= 11 is 0. The van der Waals surface area contributed by atoms with Crippen LogP contribution in [0.5, 0.6) is 0 Å².